The maximum Gasteiger partial charge on any atom is 0.328 e. The summed E-state index contributed by atoms with van der Waals surface area (Å²) in [7, 11) is 3.34. The van der Waals surface area contributed by atoms with E-state index in [1.165, 1.54) is 17.0 Å². The average molecular weight is 414 g/mol. The normalized spacial score (nSPS) is 11.2. The predicted molar refractivity (Wildman–Crippen MR) is 106 cm³/mol. The molecule has 0 unspecified atom stereocenters. The number of nitrogens with zero attached hydrogens (tertiary/aromatic N) is 3. The third-order valence-electron chi connectivity index (χ3n) is 3.91. The minimum Gasteiger partial charge on any atom is -0.330 e. The fourth-order valence-corrected chi connectivity index (χ4v) is 2.89. The molecule has 6 nitrogen and oxygen atoms in total. The Hall–Kier alpha value is -2.93. The Balaban J connectivity index is 2.12. The maximum absolute atomic E-state index is 12.6. The Labute approximate surface area is 158 Å². The van der Waals surface area contributed by atoms with Gasteiger partial charge >= 0.3 is 6.03 Å². The van der Waals surface area contributed by atoms with Crippen LogP contribution in [0.1, 0.15) is 11.3 Å². The molecule has 3 rings (SSSR count). The van der Waals surface area contributed by atoms with Gasteiger partial charge in [-0.05, 0) is 35.9 Å². The third-order valence-corrected chi connectivity index (χ3v) is 4.44. The van der Waals surface area contributed by atoms with Gasteiger partial charge in [0.25, 0.3) is 5.69 Å². The van der Waals surface area contributed by atoms with Gasteiger partial charge in [0.15, 0.2) is 0 Å². The molecule has 0 bridgehead atoms. The molecule has 0 N–H and O–H groups in total. The number of benzene rings is 2. The van der Waals surface area contributed by atoms with E-state index in [2.05, 4.69) is 15.9 Å². The predicted octanol–water partition coefficient (Wildman–Crippen LogP) is 5.01. The molecule has 3 aromatic rings. The van der Waals surface area contributed by atoms with E-state index in [0.29, 0.717) is 16.6 Å². The lowest BCUT2D eigenvalue weighted by atomic mass is 10.2. The van der Waals surface area contributed by atoms with Crippen LogP contribution in [0.2, 0.25) is 0 Å². The van der Waals surface area contributed by atoms with Crippen molar-refractivity contribution >= 4 is 50.7 Å². The number of amides is 1. The second-order valence-corrected chi connectivity index (χ2v) is 6.88. The van der Waals surface area contributed by atoms with Gasteiger partial charge in [-0.15, -0.1) is 0 Å². The minimum absolute atomic E-state index is 0.00427. The zero-order chi connectivity index (χ0) is 18.8. The molecule has 0 saturated heterocycles. The summed E-state index contributed by atoms with van der Waals surface area (Å²) in [5.74, 6) is 0. The first-order valence-corrected chi connectivity index (χ1v) is 8.61. The van der Waals surface area contributed by atoms with Gasteiger partial charge in [-0.3, -0.25) is 14.7 Å². The van der Waals surface area contributed by atoms with Gasteiger partial charge in [-0.25, -0.2) is 4.79 Å². The second-order valence-electron chi connectivity index (χ2n) is 5.97. The van der Waals surface area contributed by atoms with Crippen LogP contribution >= 0.6 is 15.9 Å². The molecule has 0 fully saturated rings. The maximum atomic E-state index is 12.6. The molecule has 0 aliphatic heterocycles. The lowest BCUT2D eigenvalue weighted by Crippen LogP contribution is -2.27. The Morgan fingerprint density at radius 2 is 1.81 bits per heavy atom. The summed E-state index contributed by atoms with van der Waals surface area (Å²) in [4.78, 5) is 24.7. The van der Waals surface area contributed by atoms with E-state index < -0.39 is 4.92 Å². The van der Waals surface area contributed by atoms with Crippen molar-refractivity contribution in [1.29, 1.82) is 0 Å². The number of halogens is 1. The van der Waals surface area contributed by atoms with Crippen LogP contribution in [0, 0.1) is 10.1 Å². The third kappa shape index (κ3) is 3.52. The Morgan fingerprint density at radius 3 is 2.42 bits per heavy atom. The van der Waals surface area contributed by atoms with Crippen LogP contribution in [-0.4, -0.2) is 34.5 Å². The smallest absolute Gasteiger partial charge is 0.328 e. The molecule has 0 aliphatic carbocycles. The first-order valence-electron chi connectivity index (χ1n) is 7.82. The van der Waals surface area contributed by atoms with Crippen molar-refractivity contribution < 1.29 is 9.72 Å². The second kappa shape index (κ2) is 7.13. The number of carbonyl (C=O) groups is 1. The molecule has 1 heterocycles. The zero-order valence-electron chi connectivity index (χ0n) is 14.2. The standard InChI is InChI=1S/C19H16BrN3O3/c1-21(2)19(24)22-16(8-5-13-3-6-15(20)7-4-13)11-14-12-17(23(25)26)9-10-18(14)22/h3-12H,1-2H3/b8-5+. The largest absolute Gasteiger partial charge is 0.330 e. The highest BCUT2D eigenvalue weighted by molar-refractivity contribution is 9.10. The number of nitro groups is 1. The molecule has 7 heteroatoms. The van der Waals surface area contributed by atoms with Crippen molar-refractivity contribution in [1.82, 2.24) is 9.47 Å². The van der Waals surface area contributed by atoms with E-state index in [1.54, 1.807) is 30.8 Å². The number of fused-ring (bicyclic) bond motifs is 1. The first kappa shape index (κ1) is 17.9. The van der Waals surface area contributed by atoms with Gasteiger partial charge in [-0.2, -0.15) is 0 Å². The average Bonchev–Trinajstić information content (AvgIpc) is 2.97. The number of hydrogen-bond acceptors (Lipinski definition) is 3. The van der Waals surface area contributed by atoms with E-state index >= 15 is 0 Å². The molecule has 0 atom stereocenters. The van der Waals surface area contributed by atoms with E-state index in [-0.39, 0.29) is 11.7 Å². The molecule has 132 valence electrons. The van der Waals surface area contributed by atoms with E-state index in [1.807, 2.05) is 36.4 Å². The zero-order valence-corrected chi connectivity index (χ0v) is 15.8. The highest BCUT2D eigenvalue weighted by atomic mass is 79.9. The van der Waals surface area contributed by atoms with Crippen molar-refractivity contribution in [2.75, 3.05) is 14.1 Å². The first-order chi connectivity index (χ1) is 12.4. The molecule has 0 spiro atoms. The summed E-state index contributed by atoms with van der Waals surface area (Å²) in [6, 6.07) is 13.8. The lowest BCUT2D eigenvalue weighted by molar-refractivity contribution is -0.384. The molecule has 2 aromatic carbocycles. The summed E-state index contributed by atoms with van der Waals surface area (Å²) in [5, 5.41) is 11.7. The Bertz CT molecular complexity index is 1020. The minimum atomic E-state index is -0.443. The fraction of sp³-hybridized carbons (Fsp3) is 0.105. The molecule has 1 amide bonds. The number of rotatable bonds is 3. The molecule has 0 saturated carbocycles. The van der Waals surface area contributed by atoms with Gasteiger partial charge in [0.1, 0.15) is 0 Å². The molecule has 0 radical (unpaired) electrons. The van der Waals surface area contributed by atoms with Crippen molar-refractivity contribution in [2.24, 2.45) is 0 Å². The number of non-ortho nitro benzene ring substituents is 1. The van der Waals surface area contributed by atoms with Crippen molar-refractivity contribution in [3.63, 3.8) is 0 Å². The monoisotopic (exact) mass is 413 g/mol. The molecular weight excluding hydrogens is 398 g/mol. The van der Waals surface area contributed by atoms with Crippen LogP contribution in [0.15, 0.2) is 53.0 Å². The van der Waals surface area contributed by atoms with Crippen molar-refractivity contribution in [2.45, 2.75) is 0 Å². The Kier molecular flexibility index (Phi) is 4.90. The van der Waals surface area contributed by atoms with Gasteiger partial charge in [0.2, 0.25) is 0 Å². The van der Waals surface area contributed by atoms with E-state index in [0.717, 1.165) is 10.0 Å². The molecular formula is C19H16BrN3O3. The summed E-state index contributed by atoms with van der Waals surface area (Å²) >= 11 is 3.40. The summed E-state index contributed by atoms with van der Waals surface area (Å²) in [6.07, 6.45) is 3.73. The summed E-state index contributed by atoms with van der Waals surface area (Å²) in [6.45, 7) is 0. The Morgan fingerprint density at radius 1 is 1.12 bits per heavy atom. The topological polar surface area (TPSA) is 68.4 Å². The van der Waals surface area contributed by atoms with Crippen molar-refractivity contribution in [3.05, 3.63) is 74.4 Å². The van der Waals surface area contributed by atoms with Crippen LogP contribution in [-0.2, 0) is 0 Å². The molecule has 26 heavy (non-hydrogen) atoms. The van der Waals surface area contributed by atoms with Crippen LogP contribution in [0.25, 0.3) is 23.1 Å². The van der Waals surface area contributed by atoms with Crippen LogP contribution in [0.3, 0.4) is 0 Å². The number of nitro benzene ring substituents is 1. The molecule has 0 aliphatic rings. The lowest BCUT2D eigenvalue weighted by Gasteiger charge is -2.13. The highest BCUT2D eigenvalue weighted by Crippen LogP contribution is 2.26. The SMILES string of the molecule is CN(C)C(=O)n1c(/C=C/c2ccc(Br)cc2)cc2cc([N+](=O)[O-])ccc21. The van der Waals surface area contributed by atoms with Crippen LogP contribution in [0.4, 0.5) is 10.5 Å². The van der Waals surface area contributed by atoms with Gasteiger partial charge in [-0.1, -0.05) is 34.1 Å². The molecule has 1 aromatic heterocycles. The number of hydrogen-bond donors (Lipinski definition) is 0. The van der Waals surface area contributed by atoms with Crippen LogP contribution < -0.4 is 0 Å². The van der Waals surface area contributed by atoms with Crippen molar-refractivity contribution in [3.8, 4) is 0 Å². The van der Waals surface area contributed by atoms with Gasteiger partial charge in [0.05, 0.1) is 16.1 Å². The van der Waals surface area contributed by atoms with Gasteiger partial charge in [0, 0.05) is 36.1 Å². The highest BCUT2D eigenvalue weighted by Gasteiger charge is 2.17. The number of carbonyl (C=O) groups excluding carboxylic acids is 1. The van der Waals surface area contributed by atoms with Crippen LogP contribution in [0.5, 0.6) is 0 Å². The summed E-state index contributed by atoms with van der Waals surface area (Å²) in [5.41, 5.74) is 2.26. The number of aromatic nitrogens is 1. The van der Waals surface area contributed by atoms with E-state index in [4.69, 9.17) is 0 Å². The quantitative estimate of drug-likeness (QED) is 0.447. The van der Waals surface area contributed by atoms with E-state index in [9.17, 15) is 14.9 Å². The summed E-state index contributed by atoms with van der Waals surface area (Å²) < 4.78 is 2.54. The fourth-order valence-electron chi connectivity index (χ4n) is 2.63. The van der Waals surface area contributed by atoms with Gasteiger partial charge < -0.3 is 4.90 Å².